The molecule has 0 aliphatic heterocycles. The van der Waals surface area contributed by atoms with Gasteiger partial charge in [0.15, 0.2) is 5.69 Å². The molecule has 0 bridgehead atoms. The number of nitrogens with one attached hydrogen (secondary N) is 1. The normalized spacial score (nSPS) is 15.1. The van der Waals surface area contributed by atoms with Crippen LogP contribution in [-0.2, 0) is 6.42 Å². The molecule has 5 nitrogen and oxygen atoms in total. The van der Waals surface area contributed by atoms with Crippen LogP contribution < -0.4 is 5.32 Å². The monoisotopic (exact) mass is 549 g/mol. The summed E-state index contributed by atoms with van der Waals surface area (Å²) in [5.41, 5.74) is 5.10. The third kappa shape index (κ3) is 5.53. The van der Waals surface area contributed by atoms with Gasteiger partial charge in [-0.25, -0.2) is 9.07 Å². The summed E-state index contributed by atoms with van der Waals surface area (Å²) in [6.07, 6.45) is 5.20. The van der Waals surface area contributed by atoms with Crippen molar-refractivity contribution >= 4 is 40.8 Å². The van der Waals surface area contributed by atoms with Crippen LogP contribution in [0.25, 0.3) is 17.3 Å². The zero-order chi connectivity index (χ0) is 26.6. The lowest BCUT2D eigenvalue weighted by molar-refractivity contribution is 0.0909. The molecule has 5 rings (SSSR count). The van der Waals surface area contributed by atoms with Gasteiger partial charge in [-0.05, 0) is 78.8 Å². The third-order valence-corrected chi connectivity index (χ3v) is 7.20. The van der Waals surface area contributed by atoms with E-state index >= 15 is 0 Å². The van der Waals surface area contributed by atoms with Crippen molar-refractivity contribution in [1.82, 2.24) is 15.1 Å². The van der Waals surface area contributed by atoms with E-state index in [1.807, 2.05) is 36.4 Å². The lowest BCUT2D eigenvalue weighted by atomic mass is 10.0. The number of halogens is 3. The molecule has 1 heterocycles. The quantitative estimate of drug-likeness (QED) is 0.253. The molecule has 1 aliphatic carbocycles. The minimum Gasteiger partial charge on any atom is -0.394 e. The molecular formula is C30H26Cl2FN3O2. The summed E-state index contributed by atoms with van der Waals surface area (Å²) in [7, 11) is 0. The number of aliphatic hydroxyl groups excluding tert-OH is 1. The maximum absolute atomic E-state index is 13.6. The number of carbonyl (C=O) groups is 1. The molecule has 8 heteroatoms. The number of benzene rings is 3. The van der Waals surface area contributed by atoms with Crippen LogP contribution in [0.5, 0.6) is 0 Å². The number of fused-ring (bicyclic) bond motifs is 1. The molecule has 0 saturated carbocycles. The topological polar surface area (TPSA) is 67.2 Å². The van der Waals surface area contributed by atoms with Crippen LogP contribution in [0.3, 0.4) is 0 Å². The molecule has 1 aromatic heterocycles. The molecule has 1 atom stereocenters. The first kappa shape index (κ1) is 26.2. The van der Waals surface area contributed by atoms with E-state index in [0.717, 1.165) is 47.2 Å². The highest BCUT2D eigenvalue weighted by Gasteiger charge is 2.29. The molecule has 1 amide bonds. The summed E-state index contributed by atoms with van der Waals surface area (Å²) in [6.45, 7) is -0.253. The van der Waals surface area contributed by atoms with Gasteiger partial charge in [0.05, 0.1) is 29.1 Å². The first-order chi connectivity index (χ1) is 18.4. The second-order valence-corrected chi connectivity index (χ2v) is 10.1. The highest BCUT2D eigenvalue weighted by molar-refractivity contribution is 6.35. The standard InChI is InChI=1S/C30H26Cl2FN3O2/c31-22-12-15-27(25(32)17-22)36-29-21(16-19-10-13-23(33)14-11-19)8-4-5-9-24(29)28(35-36)30(38)34-26(18-37)20-6-2-1-3-7-20/h1-3,6-7,10-17,26,37H,4-5,8-9,18H2,(H,34,38)/b21-16+. The van der Waals surface area contributed by atoms with E-state index in [4.69, 9.17) is 28.3 Å². The average Bonchev–Trinajstić information content (AvgIpc) is 3.17. The van der Waals surface area contributed by atoms with Crippen LogP contribution in [0, 0.1) is 5.82 Å². The lowest BCUT2D eigenvalue weighted by Gasteiger charge is -2.16. The van der Waals surface area contributed by atoms with Crippen molar-refractivity contribution in [1.29, 1.82) is 0 Å². The lowest BCUT2D eigenvalue weighted by Crippen LogP contribution is -2.31. The first-order valence-electron chi connectivity index (χ1n) is 12.4. The second kappa shape index (κ2) is 11.5. The van der Waals surface area contributed by atoms with Crippen molar-refractivity contribution in [3.05, 3.63) is 117 Å². The number of allylic oxidation sites excluding steroid dienone is 1. The molecule has 1 unspecified atom stereocenters. The van der Waals surface area contributed by atoms with Crippen LogP contribution >= 0.6 is 23.2 Å². The van der Waals surface area contributed by atoms with E-state index < -0.39 is 6.04 Å². The molecule has 0 spiro atoms. The molecule has 0 saturated heterocycles. The SMILES string of the molecule is O=C(NC(CO)c1ccccc1)c1nn(-c2ccc(Cl)cc2Cl)c2c1CCCC/C2=C\c1ccc(F)cc1. The Labute approximate surface area is 230 Å². The molecular weight excluding hydrogens is 524 g/mol. The van der Waals surface area contributed by atoms with E-state index in [2.05, 4.69) is 5.32 Å². The van der Waals surface area contributed by atoms with Crippen molar-refractivity contribution in [2.24, 2.45) is 0 Å². The number of nitrogens with zero attached hydrogens (tertiary/aromatic N) is 2. The van der Waals surface area contributed by atoms with Gasteiger partial charge in [0.2, 0.25) is 0 Å². The van der Waals surface area contributed by atoms with Crippen molar-refractivity contribution < 1.29 is 14.3 Å². The van der Waals surface area contributed by atoms with E-state index in [1.54, 1.807) is 35.0 Å². The highest BCUT2D eigenvalue weighted by atomic mass is 35.5. The van der Waals surface area contributed by atoms with Gasteiger partial charge in [-0.2, -0.15) is 5.10 Å². The predicted molar refractivity (Wildman–Crippen MR) is 149 cm³/mol. The van der Waals surface area contributed by atoms with E-state index in [1.165, 1.54) is 12.1 Å². The molecule has 0 radical (unpaired) electrons. The second-order valence-electron chi connectivity index (χ2n) is 9.23. The number of hydrogen-bond donors (Lipinski definition) is 2. The highest BCUT2D eigenvalue weighted by Crippen LogP contribution is 2.37. The summed E-state index contributed by atoms with van der Waals surface area (Å²) >= 11 is 12.8. The average molecular weight is 550 g/mol. The van der Waals surface area contributed by atoms with Gasteiger partial charge in [-0.1, -0.05) is 65.7 Å². The summed E-state index contributed by atoms with van der Waals surface area (Å²) in [4.78, 5) is 13.6. The molecule has 194 valence electrons. The van der Waals surface area contributed by atoms with Gasteiger partial charge in [0, 0.05) is 10.6 Å². The minimum absolute atomic E-state index is 0.253. The molecule has 4 aromatic rings. The fourth-order valence-electron chi connectivity index (χ4n) is 4.81. The zero-order valence-electron chi connectivity index (χ0n) is 20.5. The molecule has 3 aromatic carbocycles. The molecule has 1 aliphatic rings. The predicted octanol–water partition coefficient (Wildman–Crippen LogP) is 7.05. The molecule has 38 heavy (non-hydrogen) atoms. The van der Waals surface area contributed by atoms with Gasteiger partial charge in [-0.3, -0.25) is 4.79 Å². The van der Waals surface area contributed by atoms with E-state index in [9.17, 15) is 14.3 Å². The van der Waals surface area contributed by atoms with Crippen LogP contribution in [0.1, 0.15) is 58.2 Å². The van der Waals surface area contributed by atoms with Crippen molar-refractivity contribution in [2.75, 3.05) is 6.61 Å². The number of carbonyl (C=O) groups excluding carboxylic acids is 1. The van der Waals surface area contributed by atoms with Crippen LogP contribution in [0.4, 0.5) is 4.39 Å². The minimum atomic E-state index is -0.580. The van der Waals surface area contributed by atoms with E-state index in [-0.39, 0.29) is 24.0 Å². The number of hydrogen-bond acceptors (Lipinski definition) is 3. The van der Waals surface area contributed by atoms with Gasteiger partial charge >= 0.3 is 0 Å². The van der Waals surface area contributed by atoms with Gasteiger partial charge in [0.1, 0.15) is 5.82 Å². The van der Waals surface area contributed by atoms with Crippen LogP contribution in [-0.4, -0.2) is 27.4 Å². The summed E-state index contributed by atoms with van der Waals surface area (Å²) < 4.78 is 15.3. The number of aromatic nitrogens is 2. The summed E-state index contributed by atoms with van der Waals surface area (Å²) in [6, 6.07) is 20.2. The van der Waals surface area contributed by atoms with Gasteiger partial charge in [-0.15, -0.1) is 0 Å². The van der Waals surface area contributed by atoms with E-state index in [0.29, 0.717) is 22.2 Å². The zero-order valence-corrected chi connectivity index (χ0v) is 22.0. The number of rotatable bonds is 6. The van der Waals surface area contributed by atoms with Crippen LogP contribution in [0.15, 0.2) is 72.8 Å². The van der Waals surface area contributed by atoms with Crippen molar-refractivity contribution in [3.63, 3.8) is 0 Å². The Bertz CT molecular complexity index is 1480. The maximum atomic E-state index is 13.6. The van der Waals surface area contributed by atoms with Crippen molar-refractivity contribution in [2.45, 2.75) is 31.7 Å². The largest absolute Gasteiger partial charge is 0.394 e. The Morgan fingerprint density at radius 3 is 2.50 bits per heavy atom. The summed E-state index contributed by atoms with van der Waals surface area (Å²) in [5.74, 6) is -0.682. The Balaban J connectivity index is 1.64. The molecule has 0 fully saturated rings. The fourth-order valence-corrected chi connectivity index (χ4v) is 5.30. The maximum Gasteiger partial charge on any atom is 0.272 e. The van der Waals surface area contributed by atoms with Crippen LogP contribution in [0.2, 0.25) is 10.0 Å². The third-order valence-electron chi connectivity index (χ3n) is 6.66. The number of amides is 1. The smallest absolute Gasteiger partial charge is 0.272 e. The Morgan fingerprint density at radius 2 is 1.79 bits per heavy atom. The fraction of sp³-hybridized carbons (Fsp3) is 0.200. The Morgan fingerprint density at radius 1 is 1.05 bits per heavy atom. The van der Waals surface area contributed by atoms with Gasteiger partial charge < -0.3 is 10.4 Å². The summed E-state index contributed by atoms with van der Waals surface area (Å²) in [5, 5.41) is 18.6. The number of aliphatic hydroxyl groups is 1. The Hall–Kier alpha value is -3.45. The Kier molecular flexibility index (Phi) is 7.93. The van der Waals surface area contributed by atoms with Gasteiger partial charge in [0.25, 0.3) is 5.91 Å². The first-order valence-corrected chi connectivity index (χ1v) is 13.2. The molecule has 2 N–H and O–H groups in total. The van der Waals surface area contributed by atoms with Crippen molar-refractivity contribution in [3.8, 4) is 5.69 Å².